The van der Waals surface area contributed by atoms with E-state index in [9.17, 15) is 9.59 Å². The summed E-state index contributed by atoms with van der Waals surface area (Å²) < 4.78 is 13.0. The zero-order chi connectivity index (χ0) is 22.3. The molecule has 1 aromatic carbocycles. The van der Waals surface area contributed by atoms with E-state index in [1.54, 1.807) is 11.9 Å². The highest BCUT2D eigenvalue weighted by Gasteiger charge is 2.47. The maximum Gasteiger partial charge on any atom is 0.335 e. The third kappa shape index (κ3) is 3.65. The molecule has 1 aliphatic carbocycles. The molecule has 0 N–H and O–H groups in total. The molecule has 0 bridgehead atoms. The van der Waals surface area contributed by atoms with Crippen LogP contribution in [0.3, 0.4) is 0 Å². The van der Waals surface area contributed by atoms with Gasteiger partial charge in [0.1, 0.15) is 0 Å². The summed E-state index contributed by atoms with van der Waals surface area (Å²) in [6.45, 7) is 2.52. The highest BCUT2D eigenvalue weighted by molar-refractivity contribution is 5.93. The van der Waals surface area contributed by atoms with Gasteiger partial charge in [0.25, 0.3) is 0 Å². The Morgan fingerprint density at radius 1 is 1.03 bits per heavy atom. The van der Waals surface area contributed by atoms with Gasteiger partial charge in [-0.3, -0.25) is 9.58 Å². The van der Waals surface area contributed by atoms with Gasteiger partial charge < -0.3 is 9.47 Å². The number of esters is 2. The number of aromatic nitrogens is 2. The Hall–Kier alpha value is -3.23. The summed E-state index contributed by atoms with van der Waals surface area (Å²) in [5, 5.41) is 4.31. The molecule has 1 fully saturated rings. The number of ether oxygens (including phenoxy) is 2. The Balaban J connectivity index is 1.30. The fourth-order valence-corrected chi connectivity index (χ4v) is 4.73. The van der Waals surface area contributed by atoms with Crippen LogP contribution in [0.1, 0.15) is 17.5 Å². The molecule has 2 aliphatic heterocycles. The molecule has 3 heterocycles. The van der Waals surface area contributed by atoms with Gasteiger partial charge in [-0.25, -0.2) is 14.5 Å². The second kappa shape index (κ2) is 8.03. The van der Waals surface area contributed by atoms with Crippen LogP contribution in [0.2, 0.25) is 0 Å². The summed E-state index contributed by atoms with van der Waals surface area (Å²) in [6, 6.07) is 8.48. The van der Waals surface area contributed by atoms with Gasteiger partial charge in [-0.05, 0) is 42.7 Å². The molecule has 1 aromatic heterocycles. The smallest absolute Gasteiger partial charge is 0.335 e. The molecule has 0 saturated carbocycles. The molecule has 1 spiro atoms. The molecule has 32 heavy (non-hydrogen) atoms. The van der Waals surface area contributed by atoms with Crippen LogP contribution in [-0.2, 0) is 32.5 Å². The van der Waals surface area contributed by atoms with Crippen molar-refractivity contribution in [1.29, 1.82) is 0 Å². The number of likely N-dealkylation sites (N-methyl/N-ethyl adjacent to an activating group) is 1. The first-order chi connectivity index (χ1) is 15.4. The Kier molecular flexibility index (Phi) is 5.19. The fraction of sp³-hybridized carbons (Fsp3) is 0.375. The Morgan fingerprint density at radius 3 is 2.50 bits per heavy atom. The van der Waals surface area contributed by atoms with Crippen molar-refractivity contribution in [2.24, 2.45) is 7.05 Å². The number of carbonyl (C=O) groups is 2. The number of benzene rings is 1. The second-order valence-corrected chi connectivity index (χ2v) is 8.44. The minimum atomic E-state index is -1.38. The van der Waals surface area contributed by atoms with Crippen molar-refractivity contribution in [2.75, 3.05) is 33.2 Å². The number of piperazine rings is 1. The van der Waals surface area contributed by atoms with E-state index in [4.69, 9.17) is 9.47 Å². The SMILES string of the molecule is CN1CCN(CCC2=CCc3c2cccc3-c2ccnn2C)CC12OC(=O)C=CC(=O)O2. The quantitative estimate of drug-likeness (QED) is 0.681. The van der Waals surface area contributed by atoms with Crippen molar-refractivity contribution in [3.63, 3.8) is 0 Å². The van der Waals surface area contributed by atoms with E-state index < -0.39 is 17.8 Å². The van der Waals surface area contributed by atoms with E-state index in [0.717, 1.165) is 43.8 Å². The predicted octanol–water partition coefficient (Wildman–Crippen LogP) is 1.97. The normalized spacial score (nSPS) is 20.6. The zero-order valence-corrected chi connectivity index (χ0v) is 18.3. The minimum Gasteiger partial charge on any atom is -0.404 e. The molecule has 166 valence electrons. The Morgan fingerprint density at radius 2 is 1.78 bits per heavy atom. The van der Waals surface area contributed by atoms with Crippen LogP contribution in [0.25, 0.3) is 16.8 Å². The summed E-state index contributed by atoms with van der Waals surface area (Å²) in [7, 11) is 3.77. The Labute approximate surface area is 186 Å². The lowest BCUT2D eigenvalue weighted by atomic mass is 9.97. The summed E-state index contributed by atoms with van der Waals surface area (Å²) in [6.07, 6.45) is 8.12. The summed E-state index contributed by atoms with van der Waals surface area (Å²) >= 11 is 0. The van der Waals surface area contributed by atoms with E-state index in [2.05, 4.69) is 34.3 Å². The zero-order valence-electron chi connectivity index (χ0n) is 18.3. The third-order valence-corrected chi connectivity index (χ3v) is 6.50. The van der Waals surface area contributed by atoms with Crippen molar-refractivity contribution in [1.82, 2.24) is 19.6 Å². The molecule has 8 heteroatoms. The molecular formula is C24H26N4O4. The molecule has 0 atom stereocenters. The highest BCUT2D eigenvalue weighted by atomic mass is 16.8. The average Bonchev–Trinajstić information content (AvgIpc) is 3.35. The van der Waals surface area contributed by atoms with Crippen LogP contribution in [0.5, 0.6) is 0 Å². The van der Waals surface area contributed by atoms with Gasteiger partial charge in [0, 0.05) is 50.6 Å². The maximum absolute atomic E-state index is 12.0. The number of aryl methyl sites for hydroxylation is 1. The minimum absolute atomic E-state index is 0.317. The van der Waals surface area contributed by atoms with Crippen LogP contribution < -0.4 is 0 Å². The first-order valence-corrected chi connectivity index (χ1v) is 10.8. The van der Waals surface area contributed by atoms with E-state index in [0.29, 0.717) is 13.1 Å². The topological polar surface area (TPSA) is 76.9 Å². The van der Waals surface area contributed by atoms with Crippen LogP contribution in [0.15, 0.2) is 48.7 Å². The molecule has 3 aliphatic rings. The summed E-state index contributed by atoms with van der Waals surface area (Å²) in [5.74, 6) is -2.52. The number of rotatable bonds is 4. The van der Waals surface area contributed by atoms with Crippen molar-refractivity contribution in [3.8, 4) is 11.3 Å². The molecular weight excluding hydrogens is 408 g/mol. The van der Waals surface area contributed by atoms with Gasteiger partial charge in [-0.1, -0.05) is 24.3 Å². The first kappa shape index (κ1) is 20.7. The molecule has 0 radical (unpaired) electrons. The number of hydrogen-bond acceptors (Lipinski definition) is 7. The number of nitrogens with zero attached hydrogens (tertiary/aromatic N) is 4. The largest absolute Gasteiger partial charge is 0.404 e. The second-order valence-electron chi connectivity index (χ2n) is 8.44. The lowest BCUT2D eigenvalue weighted by Crippen LogP contribution is -2.64. The van der Waals surface area contributed by atoms with E-state index >= 15 is 0 Å². The maximum atomic E-state index is 12.0. The number of carbonyl (C=O) groups excluding carboxylic acids is 2. The molecule has 0 unspecified atom stereocenters. The van der Waals surface area contributed by atoms with Gasteiger partial charge in [0.05, 0.1) is 12.2 Å². The number of allylic oxidation sites excluding steroid dienone is 1. The van der Waals surface area contributed by atoms with Gasteiger partial charge in [0.15, 0.2) is 0 Å². The van der Waals surface area contributed by atoms with Crippen molar-refractivity contribution < 1.29 is 19.1 Å². The average molecular weight is 434 g/mol. The van der Waals surface area contributed by atoms with E-state index in [-0.39, 0.29) is 0 Å². The number of fused-ring (bicyclic) bond motifs is 1. The van der Waals surface area contributed by atoms with E-state index in [1.807, 2.05) is 24.0 Å². The molecule has 5 rings (SSSR count). The third-order valence-electron chi connectivity index (χ3n) is 6.50. The van der Waals surface area contributed by atoms with E-state index in [1.165, 1.54) is 22.3 Å². The molecule has 2 aromatic rings. The van der Waals surface area contributed by atoms with Gasteiger partial charge in [-0.15, -0.1) is 0 Å². The molecule has 1 saturated heterocycles. The summed E-state index contributed by atoms with van der Waals surface area (Å²) in [5.41, 5.74) is 6.26. The molecule has 0 amide bonds. The van der Waals surface area contributed by atoms with Crippen molar-refractivity contribution >= 4 is 17.5 Å². The van der Waals surface area contributed by atoms with Gasteiger partial charge in [0.2, 0.25) is 0 Å². The van der Waals surface area contributed by atoms with Crippen molar-refractivity contribution in [3.05, 3.63) is 59.8 Å². The van der Waals surface area contributed by atoms with Crippen LogP contribution in [-0.4, -0.2) is 70.7 Å². The monoisotopic (exact) mass is 434 g/mol. The van der Waals surface area contributed by atoms with Crippen LogP contribution >= 0.6 is 0 Å². The molecule has 8 nitrogen and oxygen atoms in total. The van der Waals surface area contributed by atoms with Crippen molar-refractivity contribution in [2.45, 2.75) is 18.8 Å². The summed E-state index contributed by atoms with van der Waals surface area (Å²) in [4.78, 5) is 28.0. The van der Waals surface area contributed by atoms with Crippen LogP contribution in [0.4, 0.5) is 0 Å². The van der Waals surface area contributed by atoms with Gasteiger partial charge in [-0.2, -0.15) is 5.10 Å². The standard InChI is InChI=1S/C24H26N4O4/c1-26-14-15-28(16-24(26)31-22(29)8-9-23(30)32-24)13-11-17-6-7-19-18(17)4-3-5-20(19)21-10-12-25-27(21)2/h3-6,8-10,12H,7,11,13-16H2,1-2H3. The Bertz CT molecular complexity index is 1110. The van der Waals surface area contributed by atoms with Gasteiger partial charge >= 0.3 is 17.8 Å². The number of hydrogen-bond donors (Lipinski definition) is 0. The lowest BCUT2D eigenvalue weighted by molar-refractivity contribution is -0.294. The fourth-order valence-electron chi connectivity index (χ4n) is 4.73. The van der Waals surface area contributed by atoms with Crippen LogP contribution in [0, 0.1) is 0 Å². The lowest BCUT2D eigenvalue weighted by Gasteiger charge is -2.45. The first-order valence-electron chi connectivity index (χ1n) is 10.8. The predicted molar refractivity (Wildman–Crippen MR) is 118 cm³/mol. The highest BCUT2D eigenvalue weighted by Crippen LogP contribution is 2.37.